The molecule has 0 aliphatic heterocycles. The molecule has 0 bridgehead atoms. The zero-order chi connectivity index (χ0) is 19.9. The number of nitrogens with zero attached hydrogens (tertiary/aromatic N) is 1. The second kappa shape index (κ2) is 14.0. The Morgan fingerprint density at radius 3 is 1.86 bits per heavy atom. The molecule has 28 heavy (non-hydrogen) atoms. The second-order valence-electron chi connectivity index (χ2n) is 7.63. The van der Waals surface area contributed by atoms with Crippen LogP contribution in [0.25, 0.3) is 0 Å². The average molecular weight is 380 g/mol. The first-order valence-corrected chi connectivity index (χ1v) is 11.1. The Bertz CT molecular complexity index is 658. The highest BCUT2D eigenvalue weighted by atomic mass is 16.5. The Hall–Kier alpha value is -2.09. The Kier molecular flexibility index (Phi) is 11.1. The Balaban J connectivity index is 1.60. The lowest BCUT2D eigenvalue weighted by Crippen LogP contribution is -1.87. The van der Waals surface area contributed by atoms with Gasteiger partial charge in [0, 0.05) is 6.21 Å². The van der Waals surface area contributed by atoms with Gasteiger partial charge in [0.1, 0.15) is 5.75 Å². The molecule has 152 valence electrons. The van der Waals surface area contributed by atoms with Crippen LogP contribution in [-0.2, 0) is 6.42 Å². The fourth-order valence-electron chi connectivity index (χ4n) is 3.40. The minimum absolute atomic E-state index is 0.869. The maximum atomic E-state index is 5.18. The van der Waals surface area contributed by atoms with Crippen LogP contribution in [0.15, 0.2) is 53.5 Å². The molecule has 2 aromatic rings. The zero-order valence-electron chi connectivity index (χ0n) is 17.8. The third-order valence-corrected chi connectivity index (χ3v) is 5.23. The minimum Gasteiger partial charge on any atom is -0.497 e. The Morgan fingerprint density at radius 2 is 1.29 bits per heavy atom. The van der Waals surface area contributed by atoms with E-state index < -0.39 is 0 Å². The molecule has 0 spiro atoms. The number of unbranched alkanes of at least 4 members (excludes halogenated alkanes) is 9. The number of methoxy groups -OCH3 is 1. The lowest BCUT2D eigenvalue weighted by atomic mass is 10.0. The van der Waals surface area contributed by atoms with Crippen LogP contribution in [0.4, 0.5) is 5.69 Å². The van der Waals surface area contributed by atoms with E-state index in [1.165, 1.54) is 76.2 Å². The normalized spacial score (nSPS) is 11.2. The highest BCUT2D eigenvalue weighted by molar-refractivity contribution is 5.82. The van der Waals surface area contributed by atoms with Gasteiger partial charge >= 0.3 is 0 Å². The molecule has 2 rings (SSSR count). The number of benzene rings is 2. The number of ether oxygens (including phenoxy) is 1. The van der Waals surface area contributed by atoms with E-state index in [1.807, 2.05) is 30.5 Å². The molecule has 0 aliphatic carbocycles. The molecule has 0 unspecified atom stereocenters. The quantitative estimate of drug-likeness (QED) is 0.241. The van der Waals surface area contributed by atoms with Gasteiger partial charge in [0.05, 0.1) is 12.8 Å². The largest absolute Gasteiger partial charge is 0.497 e. The smallest absolute Gasteiger partial charge is 0.118 e. The van der Waals surface area contributed by atoms with Crippen LogP contribution < -0.4 is 4.74 Å². The van der Waals surface area contributed by atoms with Gasteiger partial charge in [-0.3, -0.25) is 4.99 Å². The van der Waals surface area contributed by atoms with Gasteiger partial charge in [0.2, 0.25) is 0 Å². The van der Waals surface area contributed by atoms with Crippen LogP contribution in [-0.4, -0.2) is 13.3 Å². The maximum absolute atomic E-state index is 5.18. The predicted octanol–water partition coefficient (Wildman–Crippen LogP) is 7.91. The summed E-state index contributed by atoms with van der Waals surface area (Å²) in [6.45, 7) is 2.28. The van der Waals surface area contributed by atoms with Crippen LogP contribution in [0, 0.1) is 0 Å². The lowest BCUT2D eigenvalue weighted by molar-refractivity contribution is 0.415. The number of hydrogen-bond donors (Lipinski definition) is 0. The molecular formula is C26H37NO. The predicted molar refractivity (Wildman–Crippen MR) is 122 cm³/mol. The van der Waals surface area contributed by atoms with Gasteiger partial charge in [0.25, 0.3) is 0 Å². The summed E-state index contributed by atoms with van der Waals surface area (Å²) < 4.78 is 5.18. The first kappa shape index (κ1) is 22.2. The van der Waals surface area contributed by atoms with Gasteiger partial charge in [-0.15, -0.1) is 0 Å². The molecule has 0 aliphatic rings. The minimum atomic E-state index is 0.869. The topological polar surface area (TPSA) is 21.6 Å². The van der Waals surface area contributed by atoms with Crippen molar-refractivity contribution in [3.8, 4) is 5.75 Å². The molecule has 0 heterocycles. The van der Waals surface area contributed by atoms with Gasteiger partial charge in [-0.05, 0) is 60.4 Å². The van der Waals surface area contributed by atoms with Gasteiger partial charge in [-0.1, -0.05) is 76.8 Å². The standard InChI is InChI=1S/C26H37NO/c1-3-4-5-6-7-8-9-10-11-12-13-23-14-18-25(19-15-23)27-22-24-16-20-26(28-2)21-17-24/h14-22H,3-13H2,1-2H3/b27-22+. The van der Waals surface area contributed by atoms with Gasteiger partial charge in [0.15, 0.2) is 0 Å². The van der Waals surface area contributed by atoms with Gasteiger partial charge in [-0.25, -0.2) is 0 Å². The van der Waals surface area contributed by atoms with Crippen LogP contribution >= 0.6 is 0 Å². The van der Waals surface area contributed by atoms with E-state index in [4.69, 9.17) is 4.74 Å². The highest BCUT2D eigenvalue weighted by Crippen LogP contribution is 2.17. The first-order chi connectivity index (χ1) is 13.8. The molecule has 0 N–H and O–H groups in total. The van der Waals surface area contributed by atoms with E-state index in [1.54, 1.807) is 7.11 Å². The molecule has 0 atom stereocenters. The summed E-state index contributed by atoms with van der Waals surface area (Å²) in [5.41, 5.74) is 3.50. The summed E-state index contributed by atoms with van der Waals surface area (Å²) in [6, 6.07) is 16.6. The fourth-order valence-corrected chi connectivity index (χ4v) is 3.40. The Labute approximate surface area is 172 Å². The monoisotopic (exact) mass is 379 g/mol. The van der Waals surface area contributed by atoms with Crippen molar-refractivity contribution >= 4 is 11.9 Å². The molecule has 0 fully saturated rings. The molecule has 0 radical (unpaired) electrons. The molecule has 0 amide bonds. The molecule has 2 aromatic carbocycles. The first-order valence-electron chi connectivity index (χ1n) is 11.1. The van der Waals surface area contributed by atoms with Crippen molar-refractivity contribution in [3.63, 3.8) is 0 Å². The van der Waals surface area contributed by atoms with Crippen LogP contribution in [0.1, 0.15) is 82.3 Å². The summed E-state index contributed by atoms with van der Waals surface area (Å²) in [5, 5.41) is 0. The third-order valence-electron chi connectivity index (χ3n) is 5.23. The second-order valence-corrected chi connectivity index (χ2v) is 7.63. The maximum Gasteiger partial charge on any atom is 0.118 e. The molecule has 2 heteroatoms. The summed E-state index contributed by atoms with van der Waals surface area (Å²) in [5.74, 6) is 0.869. The van der Waals surface area contributed by atoms with Crippen molar-refractivity contribution in [1.82, 2.24) is 0 Å². The van der Waals surface area contributed by atoms with Crippen LogP contribution in [0.2, 0.25) is 0 Å². The summed E-state index contributed by atoms with van der Waals surface area (Å²) in [7, 11) is 1.68. The molecule has 0 saturated carbocycles. The third kappa shape index (κ3) is 9.21. The van der Waals surface area contributed by atoms with Crippen molar-refractivity contribution in [2.24, 2.45) is 4.99 Å². The fraction of sp³-hybridized carbons (Fsp3) is 0.500. The van der Waals surface area contributed by atoms with E-state index >= 15 is 0 Å². The van der Waals surface area contributed by atoms with Crippen molar-refractivity contribution in [3.05, 3.63) is 59.7 Å². The van der Waals surface area contributed by atoms with E-state index in [0.29, 0.717) is 0 Å². The molecule has 2 nitrogen and oxygen atoms in total. The van der Waals surface area contributed by atoms with Crippen LogP contribution in [0.3, 0.4) is 0 Å². The number of aliphatic imine (C=N–C) groups is 1. The van der Waals surface area contributed by atoms with Gasteiger partial charge in [-0.2, -0.15) is 0 Å². The average Bonchev–Trinajstić information content (AvgIpc) is 2.75. The van der Waals surface area contributed by atoms with E-state index in [0.717, 1.165) is 17.0 Å². The number of aryl methyl sites for hydroxylation is 1. The van der Waals surface area contributed by atoms with E-state index in [2.05, 4.69) is 36.2 Å². The number of hydrogen-bond acceptors (Lipinski definition) is 2. The van der Waals surface area contributed by atoms with E-state index in [9.17, 15) is 0 Å². The zero-order valence-corrected chi connectivity index (χ0v) is 17.8. The van der Waals surface area contributed by atoms with Crippen molar-refractivity contribution < 1.29 is 4.74 Å². The summed E-state index contributed by atoms with van der Waals surface area (Å²) in [6.07, 6.45) is 17.0. The molecule has 0 saturated heterocycles. The van der Waals surface area contributed by atoms with Gasteiger partial charge < -0.3 is 4.74 Å². The van der Waals surface area contributed by atoms with Crippen molar-refractivity contribution in [2.75, 3.05) is 7.11 Å². The lowest BCUT2D eigenvalue weighted by Gasteiger charge is -2.04. The summed E-state index contributed by atoms with van der Waals surface area (Å²) >= 11 is 0. The molecular weight excluding hydrogens is 342 g/mol. The summed E-state index contributed by atoms with van der Waals surface area (Å²) in [4.78, 5) is 4.56. The number of rotatable bonds is 14. The molecule has 0 aromatic heterocycles. The highest BCUT2D eigenvalue weighted by Gasteiger charge is 1.97. The van der Waals surface area contributed by atoms with Crippen LogP contribution in [0.5, 0.6) is 5.75 Å². The van der Waals surface area contributed by atoms with Crippen molar-refractivity contribution in [1.29, 1.82) is 0 Å². The van der Waals surface area contributed by atoms with E-state index in [-0.39, 0.29) is 0 Å². The SMILES string of the molecule is CCCCCCCCCCCCc1ccc(/N=C/c2ccc(OC)cc2)cc1. The Morgan fingerprint density at radius 1 is 0.714 bits per heavy atom. The van der Waals surface area contributed by atoms with Crippen molar-refractivity contribution in [2.45, 2.75) is 77.6 Å².